The minimum absolute atomic E-state index is 0.349. The van der Waals surface area contributed by atoms with E-state index >= 15 is 0 Å². The van der Waals surface area contributed by atoms with Crippen molar-refractivity contribution >= 4 is 11.9 Å². The number of carboxylic acids is 1. The summed E-state index contributed by atoms with van der Waals surface area (Å²) in [6, 6.07) is -0.819. The Bertz CT molecular complexity index is 264. The van der Waals surface area contributed by atoms with Gasteiger partial charge in [0.2, 0.25) is 5.91 Å². The molecule has 0 saturated heterocycles. The van der Waals surface area contributed by atoms with Crippen molar-refractivity contribution in [3.05, 3.63) is 12.2 Å². The molecule has 5 nitrogen and oxygen atoms in total. The first-order valence-corrected chi connectivity index (χ1v) is 6.01. The van der Waals surface area contributed by atoms with Crippen LogP contribution in [0.5, 0.6) is 0 Å². The van der Waals surface area contributed by atoms with Crippen molar-refractivity contribution < 1.29 is 14.7 Å². The van der Waals surface area contributed by atoms with Crippen LogP contribution in [0.2, 0.25) is 0 Å². The van der Waals surface area contributed by atoms with Crippen molar-refractivity contribution in [2.24, 2.45) is 5.73 Å². The second-order valence-electron chi connectivity index (χ2n) is 3.87. The van der Waals surface area contributed by atoms with Gasteiger partial charge < -0.3 is 16.2 Å². The Labute approximate surface area is 102 Å². The highest BCUT2D eigenvalue weighted by molar-refractivity contribution is 5.91. The van der Waals surface area contributed by atoms with Crippen LogP contribution in [0.25, 0.3) is 0 Å². The number of carboxylic acid groups (broad SMARTS) is 1. The highest BCUT2D eigenvalue weighted by atomic mass is 16.4. The Kier molecular flexibility index (Phi) is 9.05. The van der Waals surface area contributed by atoms with Crippen LogP contribution >= 0.6 is 0 Å². The second kappa shape index (κ2) is 9.84. The van der Waals surface area contributed by atoms with Gasteiger partial charge in [-0.15, -0.1) is 0 Å². The molecule has 1 atom stereocenters. The number of hydrogen-bond acceptors (Lipinski definition) is 3. The van der Waals surface area contributed by atoms with Crippen LogP contribution in [0.15, 0.2) is 12.2 Å². The van der Waals surface area contributed by atoms with Gasteiger partial charge in [-0.05, 0) is 38.3 Å². The Morgan fingerprint density at radius 3 is 2.65 bits per heavy atom. The van der Waals surface area contributed by atoms with Crippen molar-refractivity contribution in [2.45, 2.75) is 45.1 Å². The molecule has 0 aliphatic heterocycles. The van der Waals surface area contributed by atoms with E-state index < -0.39 is 12.0 Å². The molecule has 0 saturated carbocycles. The third-order valence-electron chi connectivity index (χ3n) is 2.29. The lowest BCUT2D eigenvalue weighted by Gasteiger charge is -2.12. The van der Waals surface area contributed by atoms with E-state index in [1.165, 1.54) is 6.08 Å². The molecular formula is C12H22N2O3. The molecule has 17 heavy (non-hydrogen) atoms. The van der Waals surface area contributed by atoms with Gasteiger partial charge in [-0.3, -0.25) is 4.79 Å². The van der Waals surface area contributed by atoms with E-state index in [-0.39, 0.29) is 5.91 Å². The normalized spacial score (nSPS) is 12.6. The number of hydrogen-bond donors (Lipinski definition) is 3. The minimum atomic E-state index is -1.00. The van der Waals surface area contributed by atoms with E-state index in [0.29, 0.717) is 19.4 Å². The predicted octanol–water partition coefficient (Wildman–Crippen LogP) is 1.04. The lowest BCUT2D eigenvalue weighted by Crippen LogP contribution is -2.40. The lowest BCUT2D eigenvalue weighted by atomic mass is 10.1. The van der Waals surface area contributed by atoms with E-state index in [1.807, 2.05) is 6.92 Å². The maximum Gasteiger partial charge on any atom is 0.326 e. The molecule has 0 spiro atoms. The molecule has 1 amide bonds. The summed E-state index contributed by atoms with van der Waals surface area (Å²) in [5.74, 6) is -1.35. The number of carbonyl (C=O) groups is 2. The summed E-state index contributed by atoms with van der Waals surface area (Å²) in [7, 11) is 0. The van der Waals surface area contributed by atoms with Gasteiger partial charge in [0.15, 0.2) is 0 Å². The molecule has 0 aromatic heterocycles. The van der Waals surface area contributed by atoms with Gasteiger partial charge in [-0.25, -0.2) is 4.79 Å². The zero-order chi connectivity index (χ0) is 13.1. The van der Waals surface area contributed by atoms with Crippen LogP contribution in [-0.4, -0.2) is 29.6 Å². The maximum absolute atomic E-state index is 11.4. The van der Waals surface area contributed by atoms with Gasteiger partial charge in [-0.2, -0.15) is 0 Å². The fraction of sp³-hybridized carbons (Fsp3) is 0.667. The van der Waals surface area contributed by atoms with Crippen molar-refractivity contribution in [3.63, 3.8) is 0 Å². The van der Waals surface area contributed by atoms with Gasteiger partial charge in [-0.1, -0.05) is 19.4 Å². The molecule has 4 N–H and O–H groups in total. The summed E-state index contributed by atoms with van der Waals surface area (Å²) in [5.41, 5.74) is 5.33. The highest BCUT2D eigenvalue weighted by Crippen LogP contribution is 2.01. The van der Waals surface area contributed by atoms with Crippen LogP contribution in [-0.2, 0) is 9.59 Å². The van der Waals surface area contributed by atoms with E-state index in [4.69, 9.17) is 10.8 Å². The number of amides is 1. The Morgan fingerprint density at radius 2 is 2.12 bits per heavy atom. The SMILES string of the molecule is CCCC=CC(=O)N[C@@H](CCCCN)C(=O)O. The monoisotopic (exact) mass is 242 g/mol. The third-order valence-corrected chi connectivity index (χ3v) is 2.29. The Balaban J connectivity index is 4.06. The summed E-state index contributed by atoms with van der Waals surface area (Å²) >= 11 is 0. The summed E-state index contributed by atoms with van der Waals surface area (Å²) in [4.78, 5) is 22.3. The zero-order valence-electron chi connectivity index (χ0n) is 10.3. The first-order chi connectivity index (χ1) is 8.11. The van der Waals surface area contributed by atoms with E-state index in [2.05, 4.69) is 5.32 Å². The van der Waals surface area contributed by atoms with Crippen molar-refractivity contribution in [1.29, 1.82) is 0 Å². The van der Waals surface area contributed by atoms with Crippen LogP contribution < -0.4 is 11.1 Å². The van der Waals surface area contributed by atoms with Gasteiger partial charge in [0.25, 0.3) is 0 Å². The number of nitrogens with one attached hydrogen (secondary N) is 1. The summed E-state index contributed by atoms with van der Waals surface area (Å²) < 4.78 is 0. The van der Waals surface area contributed by atoms with Crippen molar-refractivity contribution in [3.8, 4) is 0 Å². The molecule has 0 radical (unpaired) electrons. The first kappa shape index (κ1) is 15.6. The largest absolute Gasteiger partial charge is 0.480 e. The second-order valence-corrected chi connectivity index (χ2v) is 3.87. The Hall–Kier alpha value is -1.36. The lowest BCUT2D eigenvalue weighted by molar-refractivity contribution is -0.141. The van der Waals surface area contributed by atoms with Crippen molar-refractivity contribution in [2.75, 3.05) is 6.54 Å². The smallest absolute Gasteiger partial charge is 0.326 e. The average molecular weight is 242 g/mol. The molecular weight excluding hydrogens is 220 g/mol. The number of allylic oxidation sites excluding steroid dienone is 1. The highest BCUT2D eigenvalue weighted by Gasteiger charge is 2.17. The van der Waals surface area contributed by atoms with Crippen molar-refractivity contribution in [1.82, 2.24) is 5.32 Å². The molecule has 0 aromatic rings. The van der Waals surface area contributed by atoms with Gasteiger partial charge >= 0.3 is 5.97 Å². The topological polar surface area (TPSA) is 92.4 Å². The molecule has 0 fully saturated rings. The number of aliphatic carboxylic acids is 1. The molecule has 0 unspecified atom stereocenters. The fourth-order valence-electron chi connectivity index (χ4n) is 1.33. The molecule has 0 aliphatic carbocycles. The minimum Gasteiger partial charge on any atom is -0.480 e. The first-order valence-electron chi connectivity index (χ1n) is 6.01. The van der Waals surface area contributed by atoms with Crippen LogP contribution in [0.3, 0.4) is 0 Å². The molecule has 0 rings (SSSR count). The molecule has 0 heterocycles. The van der Waals surface area contributed by atoms with E-state index in [9.17, 15) is 9.59 Å². The summed E-state index contributed by atoms with van der Waals surface area (Å²) in [5, 5.41) is 11.4. The van der Waals surface area contributed by atoms with Crippen LogP contribution in [0.1, 0.15) is 39.0 Å². The van der Waals surface area contributed by atoms with Crippen LogP contribution in [0.4, 0.5) is 0 Å². The average Bonchev–Trinajstić information content (AvgIpc) is 2.28. The fourth-order valence-corrected chi connectivity index (χ4v) is 1.33. The number of unbranched alkanes of at least 4 members (excludes halogenated alkanes) is 2. The maximum atomic E-state index is 11.4. The molecule has 0 bridgehead atoms. The standard InChI is InChI=1S/C12H22N2O3/c1-2-3-4-8-11(15)14-10(12(16)17)7-5-6-9-13/h4,8,10H,2-3,5-7,9,13H2,1H3,(H,14,15)(H,16,17)/t10-/m0/s1. The predicted molar refractivity (Wildman–Crippen MR) is 66.5 cm³/mol. The van der Waals surface area contributed by atoms with E-state index in [1.54, 1.807) is 6.08 Å². The van der Waals surface area contributed by atoms with Gasteiger partial charge in [0.1, 0.15) is 6.04 Å². The van der Waals surface area contributed by atoms with Crippen LogP contribution in [0, 0.1) is 0 Å². The number of carbonyl (C=O) groups excluding carboxylic acids is 1. The van der Waals surface area contributed by atoms with Gasteiger partial charge in [0, 0.05) is 0 Å². The molecule has 0 aliphatic rings. The third kappa shape index (κ3) is 8.45. The quantitative estimate of drug-likeness (QED) is 0.416. The Morgan fingerprint density at radius 1 is 1.41 bits per heavy atom. The summed E-state index contributed by atoms with van der Waals surface area (Å²) in [6.07, 6.45) is 6.80. The molecule has 98 valence electrons. The molecule has 5 heteroatoms. The van der Waals surface area contributed by atoms with E-state index in [0.717, 1.165) is 19.3 Å². The number of nitrogens with two attached hydrogens (primary N) is 1. The van der Waals surface area contributed by atoms with Gasteiger partial charge in [0.05, 0.1) is 0 Å². The zero-order valence-corrected chi connectivity index (χ0v) is 10.3. The number of rotatable bonds is 9. The summed E-state index contributed by atoms with van der Waals surface area (Å²) in [6.45, 7) is 2.55. The molecule has 0 aromatic carbocycles.